The minimum atomic E-state index is -0.200. The van der Waals surface area contributed by atoms with E-state index >= 15 is 0 Å². The second-order valence-corrected chi connectivity index (χ2v) is 7.36. The monoisotopic (exact) mass is 356 g/mol. The van der Waals surface area contributed by atoms with Crippen molar-refractivity contribution < 1.29 is 9.53 Å². The van der Waals surface area contributed by atoms with E-state index in [1.807, 2.05) is 43.1 Å². The van der Waals surface area contributed by atoms with Crippen molar-refractivity contribution in [2.24, 2.45) is 7.05 Å². The Hall–Kier alpha value is -2.50. The Labute approximate surface area is 155 Å². The Morgan fingerprint density at radius 1 is 1.27 bits per heavy atom. The summed E-state index contributed by atoms with van der Waals surface area (Å²) >= 11 is 0. The molecule has 0 spiro atoms. The Morgan fingerprint density at radius 3 is 2.62 bits per heavy atom. The number of benzene rings is 1. The van der Waals surface area contributed by atoms with Gasteiger partial charge in [-0.15, -0.1) is 0 Å². The maximum atomic E-state index is 13.0. The van der Waals surface area contributed by atoms with Crippen LogP contribution in [0, 0.1) is 0 Å². The first kappa shape index (κ1) is 18.3. The number of nitrogens with zero attached hydrogens (tertiary/aromatic N) is 4. The van der Waals surface area contributed by atoms with Crippen LogP contribution in [-0.2, 0) is 13.5 Å². The van der Waals surface area contributed by atoms with Gasteiger partial charge in [-0.1, -0.05) is 19.1 Å². The Morgan fingerprint density at radius 2 is 2.00 bits per heavy atom. The molecule has 6 heteroatoms. The molecule has 0 radical (unpaired) electrons. The molecule has 6 nitrogen and oxygen atoms in total. The second-order valence-electron chi connectivity index (χ2n) is 7.36. The summed E-state index contributed by atoms with van der Waals surface area (Å²) in [5, 5.41) is 4.41. The quantitative estimate of drug-likeness (QED) is 0.845. The second kappa shape index (κ2) is 7.02. The van der Waals surface area contributed by atoms with Crippen molar-refractivity contribution in [3.8, 4) is 5.75 Å². The molecule has 1 fully saturated rings. The first-order valence-electron chi connectivity index (χ1n) is 9.10. The number of aromatic nitrogens is 2. The van der Waals surface area contributed by atoms with Crippen molar-refractivity contribution in [3.63, 3.8) is 0 Å². The van der Waals surface area contributed by atoms with E-state index in [-0.39, 0.29) is 11.4 Å². The summed E-state index contributed by atoms with van der Waals surface area (Å²) in [5.41, 5.74) is 2.47. The maximum absolute atomic E-state index is 13.0. The van der Waals surface area contributed by atoms with Gasteiger partial charge in [-0.05, 0) is 38.5 Å². The molecule has 1 aliphatic heterocycles. The highest BCUT2D eigenvalue weighted by atomic mass is 16.5. The molecule has 1 aromatic heterocycles. The number of aryl methyl sites for hydroxylation is 2. The van der Waals surface area contributed by atoms with Crippen LogP contribution in [-0.4, -0.2) is 52.9 Å². The van der Waals surface area contributed by atoms with Crippen LogP contribution in [0.25, 0.3) is 0 Å². The van der Waals surface area contributed by atoms with Crippen molar-refractivity contribution in [2.75, 3.05) is 31.6 Å². The highest BCUT2D eigenvalue weighted by Gasteiger charge is 2.37. The molecular weight excluding hydrogens is 328 g/mol. The number of para-hydroxylation sites is 2. The zero-order valence-electron chi connectivity index (χ0n) is 16.3. The van der Waals surface area contributed by atoms with Gasteiger partial charge in [0, 0.05) is 26.7 Å². The van der Waals surface area contributed by atoms with E-state index in [2.05, 4.69) is 29.9 Å². The maximum Gasteiger partial charge on any atom is 0.272 e. The SMILES string of the molecule is CCc1cc(C(=O)N2CCN(c3ccccc3OC)C(C)(C)C2)n(C)n1. The molecule has 1 aromatic carbocycles. The van der Waals surface area contributed by atoms with Gasteiger partial charge in [0.25, 0.3) is 5.91 Å². The number of carbonyl (C=O) groups excluding carboxylic acids is 1. The number of rotatable bonds is 4. The lowest BCUT2D eigenvalue weighted by Gasteiger charge is -2.48. The van der Waals surface area contributed by atoms with Gasteiger partial charge in [0.2, 0.25) is 0 Å². The molecule has 2 heterocycles. The fourth-order valence-electron chi connectivity index (χ4n) is 3.69. The molecule has 1 saturated heterocycles. The molecule has 0 N–H and O–H groups in total. The van der Waals surface area contributed by atoms with Crippen molar-refractivity contribution in [2.45, 2.75) is 32.7 Å². The van der Waals surface area contributed by atoms with Crippen molar-refractivity contribution in [3.05, 3.63) is 41.7 Å². The summed E-state index contributed by atoms with van der Waals surface area (Å²) in [5.74, 6) is 0.909. The lowest BCUT2D eigenvalue weighted by molar-refractivity contribution is 0.0674. The van der Waals surface area contributed by atoms with Gasteiger partial charge in [-0.25, -0.2) is 0 Å². The molecular formula is C20H28N4O2. The van der Waals surface area contributed by atoms with Crippen LogP contribution >= 0.6 is 0 Å². The minimum absolute atomic E-state index is 0.0486. The molecule has 26 heavy (non-hydrogen) atoms. The zero-order valence-corrected chi connectivity index (χ0v) is 16.3. The first-order valence-corrected chi connectivity index (χ1v) is 9.10. The number of piperazine rings is 1. The summed E-state index contributed by atoms with van der Waals surface area (Å²) in [6.45, 7) is 8.46. The summed E-state index contributed by atoms with van der Waals surface area (Å²) in [7, 11) is 3.53. The molecule has 2 aromatic rings. The molecule has 3 rings (SSSR count). The average Bonchev–Trinajstić information content (AvgIpc) is 3.01. The van der Waals surface area contributed by atoms with Crippen molar-refractivity contribution in [1.82, 2.24) is 14.7 Å². The Bertz CT molecular complexity index is 797. The third-order valence-corrected chi connectivity index (χ3v) is 5.08. The number of carbonyl (C=O) groups is 1. The predicted molar refractivity (Wildman–Crippen MR) is 103 cm³/mol. The summed E-state index contributed by atoms with van der Waals surface area (Å²) in [6, 6.07) is 9.95. The highest BCUT2D eigenvalue weighted by molar-refractivity contribution is 5.93. The van der Waals surface area contributed by atoms with E-state index in [1.165, 1.54) is 0 Å². The standard InChI is InChI=1S/C20H28N4O2/c1-6-15-13-17(22(4)21-15)19(25)23-11-12-24(20(2,3)14-23)16-9-7-8-10-18(16)26-5/h7-10,13H,6,11-12,14H2,1-5H3. The van der Waals surface area contributed by atoms with E-state index in [1.54, 1.807) is 11.8 Å². The topological polar surface area (TPSA) is 50.6 Å². The fourth-order valence-corrected chi connectivity index (χ4v) is 3.69. The average molecular weight is 356 g/mol. The smallest absolute Gasteiger partial charge is 0.272 e. The third kappa shape index (κ3) is 3.28. The van der Waals surface area contributed by atoms with E-state index in [0.29, 0.717) is 18.8 Å². The first-order chi connectivity index (χ1) is 12.4. The highest BCUT2D eigenvalue weighted by Crippen LogP contribution is 2.35. The van der Waals surface area contributed by atoms with E-state index < -0.39 is 0 Å². The van der Waals surface area contributed by atoms with E-state index in [0.717, 1.165) is 30.1 Å². The predicted octanol–water partition coefficient (Wildman–Crippen LogP) is 2.73. The summed E-state index contributed by atoms with van der Waals surface area (Å²) < 4.78 is 7.23. The number of amides is 1. The zero-order chi connectivity index (χ0) is 18.9. The molecule has 140 valence electrons. The van der Waals surface area contributed by atoms with Crippen LogP contribution in [0.4, 0.5) is 5.69 Å². The number of hydrogen-bond donors (Lipinski definition) is 0. The molecule has 0 saturated carbocycles. The number of ether oxygens (including phenoxy) is 1. The van der Waals surface area contributed by atoms with Crippen LogP contribution in [0.15, 0.2) is 30.3 Å². The summed E-state index contributed by atoms with van der Waals surface area (Å²) in [6.07, 6.45) is 0.828. The van der Waals surface area contributed by atoms with Gasteiger partial charge in [0.05, 0.1) is 24.0 Å². The number of hydrogen-bond acceptors (Lipinski definition) is 4. The minimum Gasteiger partial charge on any atom is -0.495 e. The third-order valence-electron chi connectivity index (χ3n) is 5.08. The number of methoxy groups -OCH3 is 1. The van der Waals surface area contributed by atoms with Gasteiger partial charge in [0.15, 0.2) is 0 Å². The molecule has 0 bridgehead atoms. The van der Waals surface area contributed by atoms with Crippen LogP contribution in [0.3, 0.4) is 0 Å². The van der Waals surface area contributed by atoms with Crippen LogP contribution in [0.5, 0.6) is 5.75 Å². The largest absolute Gasteiger partial charge is 0.495 e. The fraction of sp³-hybridized carbons (Fsp3) is 0.500. The van der Waals surface area contributed by atoms with Gasteiger partial charge in [-0.3, -0.25) is 9.48 Å². The molecule has 0 atom stereocenters. The van der Waals surface area contributed by atoms with E-state index in [9.17, 15) is 4.79 Å². The molecule has 1 aliphatic rings. The van der Waals surface area contributed by atoms with Gasteiger partial charge in [-0.2, -0.15) is 5.10 Å². The van der Waals surface area contributed by atoms with Crippen molar-refractivity contribution in [1.29, 1.82) is 0 Å². The lowest BCUT2D eigenvalue weighted by Crippen LogP contribution is -2.61. The normalized spacial score (nSPS) is 16.7. The molecule has 1 amide bonds. The lowest BCUT2D eigenvalue weighted by atomic mass is 9.97. The summed E-state index contributed by atoms with van der Waals surface area (Å²) in [4.78, 5) is 17.3. The van der Waals surface area contributed by atoms with Gasteiger partial charge in [0.1, 0.15) is 11.4 Å². The Balaban J connectivity index is 1.82. The van der Waals surface area contributed by atoms with Crippen LogP contribution < -0.4 is 9.64 Å². The number of anilines is 1. The molecule has 0 unspecified atom stereocenters. The van der Waals surface area contributed by atoms with Gasteiger partial charge >= 0.3 is 0 Å². The molecule has 0 aliphatic carbocycles. The Kier molecular flexibility index (Phi) is 4.94. The van der Waals surface area contributed by atoms with Crippen molar-refractivity contribution >= 4 is 11.6 Å². The van der Waals surface area contributed by atoms with Crippen LogP contribution in [0.1, 0.15) is 37.0 Å². The van der Waals surface area contributed by atoms with Crippen LogP contribution in [0.2, 0.25) is 0 Å². The van der Waals surface area contributed by atoms with E-state index in [4.69, 9.17) is 4.74 Å². The van der Waals surface area contributed by atoms with Gasteiger partial charge < -0.3 is 14.5 Å².